The fourth-order valence-corrected chi connectivity index (χ4v) is 4.14. The van der Waals surface area contributed by atoms with Crippen LogP contribution in [0.3, 0.4) is 0 Å². The molecule has 1 heterocycles. The van der Waals surface area contributed by atoms with Gasteiger partial charge in [0.2, 0.25) is 5.91 Å². The highest BCUT2D eigenvalue weighted by Gasteiger charge is 2.35. The number of amides is 4. The molecule has 3 aromatic rings. The Balaban J connectivity index is 1.47. The Labute approximate surface area is 228 Å². The molecule has 11 heteroatoms. The van der Waals surface area contributed by atoms with Crippen LogP contribution in [0.1, 0.15) is 11.1 Å². The molecule has 1 aliphatic rings. The lowest BCUT2D eigenvalue weighted by molar-refractivity contribution is -0.127. The molecule has 0 aliphatic carbocycles. The molecule has 4 rings (SSSR count). The number of anilines is 1. The second-order valence-electron chi connectivity index (χ2n) is 7.85. The van der Waals surface area contributed by atoms with Gasteiger partial charge in [-0.05, 0) is 53.6 Å². The lowest BCUT2D eigenvalue weighted by Crippen LogP contribution is -2.38. The summed E-state index contributed by atoms with van der Waals surface area (Å²) < 4.78 is 26.7. The summed E-state index contributed by atoms with van der Waals surface area (Å²) in [5, 5.41) is 4.81. The summed E-state index contributed by atoms with van der Waals surface area (Å²) in [5.41, 5.74) is 1.42. The Kier molecular flexibility index (Phi) is 8.24. The highest BCUT2D eigenvalue weighted by atomic mass is 79.9. The third-order valence-corrected chi connectivity index (χ3v) is 6.52. The zero-order valence-corrected chi connectivity index (χ0v) is 22.6. The molecule has 0 saturated carbocycles. The smallest absolute Gasteiger partial charge is 0.329 e. The maximum atomic E-state index is 13.8. The fraction of sp³-hybridized carbons (Fsp3) is 0.115. The van der Waals surface area contributed by atoms with E-state index in [1.165, 1.54) is 31.4 Å². The van der Waals surface area contributed by atoms with E-state index in [4.69, 9.17) is 9.47 Å². The van der Waals surface area contributed by atoms with Gasteiger partial charge < -0.3 is 20.1 Å². The molecule has 1 saturated heterocycles. The van der Waals surface area contributed by atoms with Crippen LogP contribution in [0.25, 0.3) is 6.08 Å². The molecule has 1 aliphatic heterocycles. The van der Waals surface area contributed by atoms with Crippen molar-refractivity contribution in [3.05, 3.63) is 92.3 Å². The number of rotatable bonds is 8. The van der Waals surface area contributed by atoms with E-state index >= 15 is 0 Å². The molecule has 0 bridgehead atoms. The molecule has 0 unspecified atom stereocenters. The number of methoxy groups -OCH3 is 1. The van der Waals surface area contributed by atoms with E-state index in [0.717, 1.165) is 14.9 Å². The van der Waals surface area contributed by atoms with Crippen LogP contribution in [0.15, 0.2) is 75.3 Å². The number of nitrogens with zero attached hydrogens (tertiary/aromatic N) is 1. The molecule has 3 aromatic carbocycles. The zero-order chi connectivity index (χ0) is 26.5. The van der Waals surface area contributed by atoms with Crippen LogP contribution in [-0.2, 0) is 16.2 Å². The van der Waals surface area contributed by atoms with E-state index in [9.17, 15) is 18.8 Å². The van der Waals surface area contributed by atoms with Crippen LogP contribution in [0.4, 0.5) is 14.9 Å². The largest absolute Gasteiger partial charge is 0.493 e. The highest BCUT2D eigenvalue weighted by molar-refractivity contribution is 9.10. The van der Waals surface area contributed by atoms with Gasteiger partial charge >= 0.3 is 6.03 Å². The van der Waals surface area contributed by atoms with Crippen molar-refractivity contribution in [3.63, 3.8) is 0 Å². The van der Waals surface area contributed by atoms with E-state index in [1.807, 2.05) is 24.3 Å². The van der Waals surface area contributed by atoms with Gasteiger partial charge in [-0.25, -0.2) is 14.1 Å². The molecule has 37 heavy (non-hydrogen) atoms. The van der Waals surface area contributed by atoms with Gasteiger partial charge in [-0.15, -0.1) is 0 Å². The first kappa shape index (κ1) is 26.4. The van der Waals surface area contributed by atoms with Gasteiger partial charge in [0.05, 0.1) is 12.8 Å². The number of hydrogen-bond acceptors (Lipinski definition) is 5. The first-order valence-corrected chi connectivity index (χ1v) is 12.5. The molecular weight excluding hydrogens is 613 g/mol. The summed E-state index contributed by atoms with van der Waals surface area (Å²) in [6.45, 7) is -0.265. The lowest BCUT2D eigenvalue weighted by Gasteiger charge is -2.13. The minimum atomic E-state index is -0.766. The number of nitrogens with one attached hydrogen (secondary N) is 2. The third kappa shape index (κ3) is 6.36. The number of benzene rings is 3. The normalized spacial score (nSPS) is 14.1. The number of halogens is 3. The molecule has 190 valence electrons. The summed E-state index contributed by atoms with van der Waals surface area (Å²) in [6.07, 6.45) is 1.46. The van der Waals surface area contributed by atoms with E-state index in [0.29, 0.717) is 28.1 Å². The Morgan fingerprint density at radius 3 is 2.51 bits per heavy atom. The van der Waals surface area contributed by atoms with Gasteiger partial charge in [-0.3, -0.25) is 9.59 Å². The Morgan fingerprint density at radius 2 is 1.81 bits per heavy atom. The first-order valence-electron chi connectivity index (χ1n) is 10.9. The summed E-state index contributed by atoms with van der Waals surface area (Å²) in [6, 6.07) is 15.9. The molecule has 0 radical (unpaired) electrons. The van der Waals surface area contributed by atoms with Crippen molar-refractivity contribution >= 4 is 61.5 Å². The second kappa shape index (κ2) is 11.6. The molecule has 0 atom stereocenters. The number of para-hydroxylation sites is 1. The Morgan fingerprint density at radius 1 is 1.08 bits per heavy atom. The maximum absolute atomic E-state index is 13.8. The van der Waals surface area contributed by atoms with Crippen molar-refractivity contribution in [2.24, 2.45) is 0 Å². The Bertz CT molecular complexity index is 1400. The minimum absolute atomic E-state index is 0.0324. The molecular formula is C26H20Br2FN3O5. The number of urea groups is 1. The SMILES string of the molecule is COc1cc(/C=C2/NC(=O)N(CC(=O)Nc3ccccc3F)C2=O)c(Br)cc1OCc1ccc(Br)cc1. The molecule has 2 N–H and O–H groups in total. The van der Waals surface area contributed by atoms with Crippen molar-refractivity contribution in [1.29, 1.82) is 0 Å². The molecule has 8 nitrogen and oxygen atoms in total. The van der Waals surface area contributed by atoms with E-state index in [2.05, 4.69) is 42.5 Å². The molecule has 1 fully saturated rings. The van der Waals surface area contributed by atoms with Gasteiger partial charge in [0.1, 0.15) is 24.7 Å². The van der Waals surface area contributed by atoms with Gasteiger partial charge in [-0.2, -0.15) is 0 Å². The van der Waals surface area contributed by atoms with Crippen LogP contribution in [-0.4, -0.2) is 36.4 Å². The van der Waals surface area contributed by atoms with Crippen LogP contribution in [0.2, 0.25) is 0 Å². The maximum Gasteiger partial charge on any atom is 0.329 e. The average Bonchev–Trinajstić information content (AvgIpc) is 3.13. The molecule has 0 aromatic heterocycles. The summed E-state index contributed by atoms with van der Waals surface area (Å²) >= 11 is 6.86. The van der Waals surface area contributed by atoms with Crippen molar-refractivity contribution in [2.45, 2.75) is 6.61 Å². The number of hydrogen-bond donors (Lipinski definition) is 2. The van der Waals surface area contributed by atoms with Crippen LogP contribution >= 0.6 is 31.9 Å². The van der Waals surface area contributed by atoms with Gasteiger partial charge in [0, 0.05) is 8.95 Å². The Hall–Kier alpha value is -3.70. The lowest BCUT2D eigenvalue weighted by atomic mass is 10.1. The third-order valence-electron chi connectivity index (χ3n) is 5.30. The monoisotopic (exact) mass is 631 g/mol. The summed E-state index contributed by atoms with van der Waals surface area (Å²) in [7, 11) is 1.49. The van der Waals surface area contributed by atoms with Crippen molar-refractivity contribution < 1.29 is 28.2 Å². The van der Waals surface area contributed by atoms with Crippen LogP contribution in [0.5, 0.6) is 11.5 Å². The van der Waals surface area contributed by atoms with Gasteiger partial charge in [-0.1, -0.05) is 56.1 Å². The molecule has 4 amide bonds. The van der Waals surface area contributed by atoms with Gasteiger partial charge in [0.15, 0.2) is 11.5 Å². The van der Waals surface area contributed by atoms with Crippen LogP contribution in [0, 0.1) is 5.82 Å². The van der Waals surface area contributed by atoms with E-state index in [1.54, 1.807) is 18.2 Å². The predicted molar refractivity (Wildman–Crippen MR) is 142 cm³/mol. The quantitative estimate of drug-likeness (QED) is 0.254. The van der Waals surface area contributed by atoms with Crippen LogP contribution < -0.4 is 20.1 Å². The van der Waals surface area contributed by atoms with E-state index in [-0.39, 0.29) is 11.4 Å². The second-order valence-corrected chi connectivity index (χ2v) is 9.62. The molecule has 0 spiro atoms. The standard InChI is InChI=1S/C26H20Br2FN3O5/c1-36-22-11-16(18(28)12-23(22)37-14-15-6-8-17(27)9-7-15)10-21-25(34)32(26(35)31-21)13-24(33)30-20-5-3-2-4-19(20)29/h2-12H,13-14H2,1H3,(H,30,33)(H,31,35)/b21-10+. The topological polar surface area (TPSA) is 97.0 Å². The summed E-state index contributed by atoms with van der Waals surface area (Å²) in [5.74, 6) is -1.14. The minimum Gasteiger partial charge on any atom is -0.493 e. The zero-order valence-electron chi connectivity index (χ0n) is 19.4. The fourth-order valence-electron chi connectivity index (χ4n) is 3.44. The average molecular weight is 633 g/mol. The number of carbonyl (C=O) groups is 3. The predicted octanol–water partition coefficient (Wildman–Crippen LogP) is 5.47. The first-order chi connectivity index (χ1) is 17.7. The number of imide groups is 1. The number of carbonyl (C=O) groups excluding carboxylic acids is 3. The van der Waals surface area contributed by atoms with Crippen molar-refractivity contribution in [1.82, 2.24) is 10.2 Å². The van der Waals surface area contributed by atoms with E-state index < -0.39 is 30.2 Å². The number of ether oxygens (including phenoxy) is 2. The van der Waals surface area contributed by atoms with Crippen molar-refractivity contribution in [3.8, 4) is 11.5 Å². The van der Waals surface area contributed by atoms with Gasteiger partial charge in [0.25, 0.3) is 5.91 Å². The highest BCUT2D eigenvalue weighted by Crippen LogP contribution is 2.35. The van der Waals surface area contributed by atoms with Crippen molar-refractivity contribution in [2.75, 3.05) is 19.0 Å². The summed E-state index contributed by atoms with van der Waals surface area (Å²) in [4.78, 5) is 38.3.